The van der Waals surface area contributed by atoms with Crippen molar-refractivity contribution >= 4 is 18.2 Å². The van der Waals surface area contributed by atoms with Crippen LogP contribution in [0.2, 0.25) is 0 Å². The molecule has 0 radical (unpaired) electrons. The van der Waals surface area contributed by atoms with Crippen LogP contribution in [0, 0.1) is 5.41 Å². The van der Waals surface area contributed by atoms with E-state index < -0.39 is 6.09 Å². The van der Waals surface area contributed by atoms with Crippen molar-refractivity contribution in [3.8, 4) is 0 Å². The van der Waals surface area contributed by atoms with Crippen LogP contribution in [-0.4, -0.2) is 35.7 Å². The third-order valence-electron chi connectivity index (χ3n) is 4.45. The maximum absolute atomic E-state index is 12.4. The lowest BCUT2D eigenvalue weighted by Gasteiger charge is -2.27. The third kappa shape index (κ3) is 7.59. The lowest BCUT2D eigenvalue weighted by Crippen LogP contribution is -2.41. The number of benzene rings is 1. The van der Waals surface area contributed by atoms with Gasteiger partial charge in [0.2, 0.25) is 5.91 Å². The molecule has 1 aromatic rings. The standard InChI is InChI=1S/C20H27NO3.CO2/c1-4-5-13-20(2,3)15-24-19(23)21-17(11-12-18(21)22)14-16-9-7-6-8-10-16;2-1-3/h4,6-10,17H,1,5,11-15H2,2-3H3;/t17-;/m0./s1. The van der Waals surface area contributed by atoms with Crippen molar-refractivity contribution in [1.82, 2.24) is 4.90 Å². The summed E-state index contributed by atoms with van der Waals surface area (Å²) in [4.78, 5) is 42.1. The molecule has 0 unspecified atom stereocenters. The first-order chi connectivity index (χ1) is 12.8. The molecule has 2 rings (SSSR count). The summed E-state index contributed by atoms with van der Waals surface area (Å²) < 4.78 is 5.46. The van der Waals surface area contributed by atoms with Gasteiger partial charge in [0.05, 0.1) is 6.61 Å². The van der Waals surface area contributed by atoms with Gasteiger partial charge in [0, 0.05) is 12.5 Å². The molecular formula is C21H27NO5. The SMILES string of the molecule is C=CCCC(C)(C)COC(=O)N1C(=O)CC[C@H]1Cc1ccccc1.O=C=O. The Balaban J connectivity index is 0.00000114. The van der Waals surface area contributed by atoms with Gasteiger partial charge < -0.3 is 4.74 Å². The number of allylic oxidation sites excluding steroid dienone is 1. The number of likely N-dealkylation sites (tertiary alicyclic amines) is 1. The van der Waals surface area contributed by atoms with E-state index in [0.29, 0.717) is 25.9 Å². The molecule has 1 atom stereocenters. The zero-order valence-corrected chi connectivity index (χ0v) is 16.0. The van der Waals surface area contributed by atoms with Gasteiger partial charge in [-0.15, -0.1) is 6.58 Å². The first-order valence-electron chi connectivity index (χ1n) is 8.97. The van der Waals surface area contributed by atoms with Gasteiger partial charge in [-0.1, -0.05) is 50.3 Å². The summed E-state index contributed by atoms with van der Waals surface area (Å²) in [7, 11) is 0. The highest BCUT2D eigenvalue weighted by Gasteiger charge is 2.37. The van der Waals surface area contributed by atoms with Crippen molar-refractivity contribution in [3.63, 3.8) is 0 Å². The molecule has 6 heteroatoms. The molecule has 6 nitrogen and oxygen atoms in total. The van der Waals surface area contributed by atoms with Crippen molar-refractivity contribution in [3.05, 3.63) is 48.6 Å². The predicted octanol–water partition coefficient (Wildman–Crippen LogP) is 3.77. The molecule has 0 bridgehead atoms. The Morgan fingerprint density at radius 2 is 1.96 bits per heavy atom. The Labute approximate surface area is 160 Å². The Bertz CT molecular complexity index is 662. The van der Waals surface area contributed by atoms with Crippen LogP contribution in [0.1, 0.15) is 45.1 Å². The van der Waals surface area contributed by atoms with Crippen LogP contribution in [0.4, 0.5) is 4.79 Å². The van der Waals surface area contributed by atoms with E-state index in [0.717, 1.165) is 18.4 Å². The second-order valence-corrected chi connectivity index (χ2v) is 7.28. The molecule has 0 saturated carbocycles. The number of rotatable bonds is 7. The van der Waals surface area contributed by atoms with E-state index in [-0.39, 0.29) is 23.5 Å². The average Bonchev–Trinajstić information content (AvgIpc) is 3.00. The number of nitrogens with zero attached hydrogens (tertiary/aromatic N) is 1. The lowest BCUT2D eigenvalue weighted by atomic mass is 9.89. The number of carbonyl (C=O) groups excluding carboxylic acids is 4. The summed E-state index contributed by atoms with van der Waals surface area (Å²) >= 11 is 0. The number of imide groups is 1. The molecule has 1 saturated heterocycles. The monoisotopic (exact) mass is 373 g/mol. The number of ether oxygens (including phenoxy) is 1. The zero-order chi connectivity index (χ0) is 20.3. The van der Waals surface area contributed by atoms with E-state index in [4.69, 9.17) is 14.3 Å². The van der Waals surface area contributed by atoms with Gasteiger partial charge in [0.15, 0.2) is 0 Å². The van der Waals surface area contributed by atoms with Crippen molar-refractivity contribution < 1.29 is 23.9 Å². The fraction of sp³-hybridized carbons (Fsp3) is 0.476. The fourth-order valence-electron chi connectivity index (χ4n) is 2.97. The summed E-state index contributed by atoms with van der Waals surface area (Å²) in [6.07, 6.45) is 5.17. The van der Waals surface area contributed by atoms with Crippen LogP contribution in [0.15, 0.2) is 43.0 Å². The van der Waals surface area contributed by atoms with Gasteiger partial charge in [-0.05, 0) is 36.7 Å². The molecule has 0 aromatic heterocycles. The highest BCUT2D eigenvalue weighted by molar-refractivity contribution is 5.94. The molecule has 2 amide bonds. The van der Waals surface area contributed by atoms with Gasteiger partial charge in [-0.25, -0.2) is 9.69 Å². The minimum Gasteiger partial charge on any atom is -0.449 e. The van der Waals surface area contributed by atoms with Crippen molar-refractivity contribution in [2.75, 3.05) is 6.61 Å². The van der Waals surface area contributed by atoms with Gasteiger partial charge in [0.1, 0.15) is 0 Å². The predicted molar refractivity (Wildman–Crippen MR) is 99.6 cm³/mol. The Hall–Kier alpha value is -2.72. The largest absolute Gasteiger partial charge is 0.449 e. The summed E-state index contributed by atoms with van der Waals surface area (Å²) in [6.45, 7) is 8.13. The normalized spacial score (nSPS) is 16.1. The highest BCUT2D eigenvalue weighted by Crippen LogP contribution is 2.26. The Kier molecular flexibility index (Phi) is 9.17. The first kappa shape index (κ1) is 22.3. The molecule has 27 heavy (non-hydrogen) atoms. The smallest absolute Gasteiger partial charge is 0.416 e. The topological polar surface area (TPSA) is 80.8 Å². The van der Waals surface area contributed by atoms with Crippen LogP contribution in [0.25, 0.3) is 0 Å². The number of hydrogen-bond donors (Lipinski definition) is 0. The maximum Gasteiger partial charge on any atom is 0.416 e. The minimum atomic E-state index is -0.509. The number of carbonyl (C=O) groups is 2. The van der Waals surface area contributed by atoms with Crippen molar-refractivity contribution in [2.45, 2.75) is 52.0 Å². The molecule has 146 valence electrons. The highest BCUT2D eigenvalue weighted by atomic mass is 16.6. The van der Waals surface area contributed by atoms with Crippen LogP contribution in [0.5, 0.6) is 0 Å². The maximum atomic E-state index is 12.4. The zero-order valence-electron chi connectivity index (χ0n) is 16.0. The van der Waals surface area contributed by atoms with Crippen LogP contribution >= 0.6 is 0 Å². The molecule has 1 aliphatic rings. The van der Waals surface area contributed by atoms with Gasteiger partial charge >= 0.3 is 12.2 Å². The summed E-state index contributed by atoms with van der Waals surface area (Å²) in [5, 5.41) is 0. The van der Waals surface area contributed by atoms with Crippen molar-refractivity contribution in [2.24, 2.45) is 5.41 Å². The third-order valence-corrected chi connectivity index (χ3v) is 4.45. The van der Waals surface area contributed by atoms with Crippen LogP contribution in [0.3, 0.4) is 0 Å². The molecule has 1 aliphatic heterocycles. The minimum absolute atomic E-state index is 0.108. The molecule has 1 fully saturated rings. The van der Waals surface area contributed by atoms with E-state index in [9.17, 15) is 9.59 Å². The Morgan fingerprint density at radius 3 is 2.56 bits per heavy atom. The van der Waals surface area contributed by atoms with E-state index in [1.165, 1.54) is 4.90 Å². The molecule has 1 heterocycles. The molecular weight excluding hydrogens is 346 g/mol. The van der Waals surface area contributed by atoms with E-state index in [1.54, 1.807) is 0 Å². The molecule has 0 spiro atoms. The Morgan fingerprint density at radius 1 is 1.33 bits per heavy atom. The van der Waals surface area contributed by atoms with E-state index in [1.807, 2.05) is 36.4 Å². The lowest BCUT2D eigenvalue weighted by molar-refractivity contribution is -0.191. The second-order valence-electron chi connectivity index (χ2n) is 7.28. The van der Waals surface area contributed by atoms with Crippen molar-refractivity contribution in [1.29, 1.82) is 0 Å². The average molecular weight is 373 g/mol. The molecule has 1 aromatic carbocycles. The van der Waals surface area contributed by atoms with E-state index >= 15 is 0 Å². The fourth-order valence-corrected chi connectivity index (χ4v) is 2.97. The second kappa shape index (κ2) is 11.1. The summed E-state index contributed by atoms with van der Waals surface area (Å²) in [5.41, 5.74) is 1.00. The summed E-state index contributed by atoms with van der Waals surface area (Å²) in [6, 6.07) is 9.83. The summed E-state index contributed by atoms with van der Waals surface area (Å²) in [5.74, 6) is -0.134. The van der Waals surface area contributed by atoms with Gasteiger partial charge in [0.25, 0.3) is 0 Å². The number of hydrogen-bond acceptors (Lipinski definition) is 5. The molecule has 0 N–H and O–H groups in total. The van der Waals surface area contributed by atoms with Gasteiger partial charge in [-0.3, -0.25) is 4.79 Å². The number of amides is 2. The van der Waals surface area contributed by atoms with E-state index in [2.05, 4.69) is 20.4 Å². The first-order valence-corrected chi connectivity index (χ1v) is 8.97. The van der Waals surface area contributed by atoms with Crippen LogP contribution < -0.4 is 0 Å². The van der Waals surface area contributed by atoms with Crippen LogP contribution in [-0.2, 0) is 25.5 Å². The quantitative estimate of drug-likeness (QED) is 0.680. The van der Waals surface area contributed by atoms with Gasteiger partial charge in [-0.2, -0.15) is 9.59 Å². The molecule has 0 aliphatic carbocycles.